The number of carbonyl (C=O) groups excluding carboxylic acids is 1. The summed E-state index contributed by atoms with van der Waals surface area (Å²) < 4.78 is 13.1. The summed E-state index contributed by atoms with van der Waals surface area (Å²) in [7, 11) is 0. The minimum atomic E-state index is -0.294. The van der Waals surface area contributed by atoms with Gasteiger partial charge in [-0.15, -0.1) is 0 Å². The van der Waals surface area contributed by atoms with E-state index in [-0.39, 0.29) is 24.2 Å². The predicted molar refractivity (Wildman–Crippen MR) is 78.4 cm³/mol. The van der Waals surface area contributed by atoms with Crippen LogP contribution < -0.4 is 5.32 Å². The van der Waals surface area contributed by atoms with Gasteiger partial charge in [0.2, 0.25) is 5.91 Å². The number of rotatable bonds is 3. The van der Waals surface area contributed by atoms with Crippen LogP contribution in [0.15, 0.2) is 48.5 Å². The van der Waals surface area contributed by atoms with Crippen molar-refractivity contribution >= 4 is 5.91 Å². The van der Waals surface area contributed by atoms with E-state index >= 15 is 0 Å². The van der Waals surface area contributed by atoms with Gasteiger partial charge in [0, 0.05) is 12.0 Å². The molecule has 1 N–H and O–H groups in total. The van der Waals surface area contributed by atoms with Crippen LogP contribution in [-0.4, -0.2) is 11.9 Å². The van der Waals surface area contributed by atoms with Crippen molar-refractivity contribution in [3.8, 4) is 0 Å². The molecule has 2 aromatic rings. The van der Waals surface area contributed by atoms with Crippen LogP contribution in [0.4, 0.5) is 4.39 Å². The van der Waals surface area contributed by atoms with E-state index < -0.39 is 0 Å². The standard InChI is InChI=1S/C18H16FNO/c19-13-6-3-4-11(8-13)9-16(21)20-18-15-10-12-5-1-2-7-14(12)17(15)18/h1-8,15,17-18H,9-10H2,(H,20,21)/t15-,17+,18+/m0/s1. The molecule has 1 amide bonds. The number of benzene rings is 2. The van der Waals surface area contributed by atoms with Crippen LogP contribution in [0.2, 0.25) is 0 Å². The second kappa shape index (κ2) is 4.69. The number of nitrogens with one attached hydrogen (secondary N) is 1. The highest BCUT2D eigenvalue weighted by molar-refractivity contribution is 5.79. The molecule has 0 aromatic heterocycles. The van der Waals surface area contributed by atoms with E-state index in [9.17, 15) is 9.18 Å². The number of carbonyl (C=O) groups is 1. The fourth-order valence-corrected chi connectivity index (χ4v) is 3.62. The molecule has 0 spiro atoms. The molecule has 1 fully saturated rings. The Morgan fingerprint density at radius 1 is 1.19 bits per heavy atom. The largest absolute Gasteiger partial charge is 0.352 e. The lowest BCUT2D eigenvalue weighted by molar-refractivity contribution is -0.120. The molecule has 1 saturated carbocycles. The third-order valence-corrected chi connectivity index (χ3v) is 4.62. The van der Waals surface area contributed by atoms with E-state index in [1.807, 2.05) is 0 Å². The van der Waals surface area contributed by atoms with Crippen LogP contribution in [0.3, 0.4) is 0 Å². The molecular weight excluding hydrogens is 265 g/mol. The maximum Gasteiger partial charge on any atom is 0.224 e. The molecule has 21 heavy (non-hydrogen) atoms. The first-order chi connectivity index (χ1) is 10.2. The zero-order chi connectivity index (χ0) is 14.4. The molecule has 2 aliphatic rings. The smallest absolute Gasteiger partial charge is 0.224 e. The highest BCUT2D eigenvalue weighted by Crippen LogP contribution is 2.56. The molecule has 2 aliphatic carbocycles. The normalized spacial score (nSPS) is 25.1. The molecular formula is C18H16FNO. The van der Waals surface area contributed by atoms with Crippen LogP contribution >= 0.6 is 0 Å². The summed E-state index contributed by atoms with van der Waals surface area (Å²) >= 11 is 0. The molecule has 4 rings (SSSR count). The number of fused-ring (bicyclic) bond motifs is 3. The summed E-state index contributed by atoms with van der Waals surface area (Å²) in [5, 5.41) is 3.10. The number of halogens is 1. The Morgan fingerprint density at radius 2 is 2.05 bits per heavy atom. The molecule has 2 aromatic carbocycles. The SMILES string of the molecule is O=C(Cc1cccc(F)c1)N[C@@H]1[C@H]2Cc3ccccc3[C@H]21. The molecule has 0 saturated heterocycles. The molecule has 0 bridgehead atoms. The van der Waals surface area contributed by atoms with Gasteiger partial charge in [-0.1, -0.05) is 36.4 Å². The molecule has 0 heterocycles. The molecule has 0 radical (unpaired) electrons. The molecule has 0 unspecified atom stereocenters. The monoisotopic (exact) mass is 281 g/mol. The number of hydrogen-bond acceptors (Lipinski definition) is 1. The third-order valence-electron chi connectivity index (χ3n) is 4.62. The third kappa shape index (κ3) is 2.23. The van der Waals surface area contributed by atoms with E-state index in [2.05, 4.69) is 29.6 Å². The molecule has 2 nitrogen and oxygen atoms in total. The Bertz CT molecular complexity index is 712. The zero-order valence-electron chi connectivity index (χ0n) is 11.6. The first-order valence-corrected chi connectivity index (χ1v) is 7.34. The van der Waals surface area contributed by atoms with E-state index in [1.54, 1.807) is 12.1 Å². The van der Waals surface area contributed by atoms with E-state index in [4.69, 9.17) is 0 Å². The first kappa shape index (κ1) is 12.6. The Morgan fingerprint density at radius 3 is 2.90 bits per heavy atom. The van der Waals surface area contributed by atoms with Gasteiger partial charge < -0.3 is 5.32 Å². The molecule has 3 heteroatoms. The highest BCUT2D eigenvalue weighted by atomic mass is 19.1. The van der Waals surface area contributed by atoms with Crippen molar-refractivity contribution < 1.29 is 9.18 Å². The van der Waals surface area contributed by atoms with Crippen molar-refractivity contribution in [1.82, 2.24) is 5.32 Å². The number of amides is 1. The quantitative estimate of drug-likeness (QED) is 0.921. The summed E-state index contributed by atoms with van der Waals surface area (Å²) in [4.78, 5) is 12.1. The van der Waals surface area contributed by atoms with Gasteiger partial charge in [0.1, 0.15) is 5.82 Å². The molecule has 0 aliphatic heterocycles. The van der Waals surface area contributed by atoms with Gasteiger partial charge in [-0.2, -0.15) is 0 Å². The van der Waals surface area contributed by atoms with Crippen molar-refractivity contribution in [3.05, 3.63) is 71.0 Å². The van der Waals surface area contributed by atoms with Gasteiger partial charge in [-0.05, 0) is 41.2 Å². The van der Waals surface area contributed by atoms with Gasteiger partial charge in [-0.25, -0.2) is 4.39 Å². The van der Waals surface area contributed by atoms with E-state index in [0.29, 0.717) is 11.8 Å². The lowest BCUT2D eigenvalue weighted by Crippen LogP contribution is -2.30. The lowest BCUT2D eigenvalue weighted by atomic mass is 10.0. The van der Waals surface area contributed by atoms with Crippen molar-refractivity contribution in [2.75, 3.05) is 0 Å². The van der Waals surface area contributed by atoms with Crippen LogP contribution in [0.25, 0.3) is 0 Å². The average molecular weight is 281 g/mol. The second-order valence-corrected chi connectivity index (χ2v) is 5.99. The zero-order valence-corrected chi connectivity index (χ0v) is 11.6. The minimum absolute atomic E-state index is 0.0162. The van der Waals surface area contributed by atoms with Crippen LogP contribution in [0, 0.1) is 11.7 Å². The molecule has 3 atom stereocenters. The van der Waals surface area contributed by atoms with Gasteiger partial charge >= 0.3 is 0 Å². The molecule has 106 valence electrons. The maximum absolute atomic E-state index is 13.1. The van der Waals surface area contributed by atoms with Gasteiger partial charge in [0.05, 0.1) is 6.42 Å². The topological polar surface area (TPSA) is 29.1 Å². The van der Waals surface area contributed by atoms with Crippen molar-refractivity contribution in [2.45, 2.75) is 24.8 Å². The van der Waals surface area contributed by atoms with Crippen LogP contribution in [0.5, 0.6) is 0 Å². The van der Waals surface area contributed by atoms with Gasteiger partial charge in [0.15, 0.2) is 0 Å². The van der Waals surface area contributed by atoms with Crippen LogP contribution in [0.1, 0.15) is 22.6 Å². The fourth-order valence-electron chi connectivity index (χ4n) is 3.62. The van der Waals surface area contributed by atoms with E-state index in [1.165, 1.54) is 23.3 Å². The summed E-state index contributed by atoms with van der Waals surface area (Å²) in [6.07, 6.45) is 1.31. The van der Waals surface area contributed by atoms with Crippen LogP contribution in [-0.2, 0) is 17.6 Å². The first-order valence-electron chi connectivity index (χ1n) is 7.34. The van der Waals surface area contributed by atoms with Gasteiger partial charge in [0.25, 0.3) is 0 Å². The summed E-state index contributed by atoms with van der Waals surface area (Å²) in [6, 6.07) is 15.0. The minimum Gasteiger partial charge on any atom is -0.352 e. The van der Waals surface area contributed by atoms with Crippen molar-refractivity contribution in [1.29, 1.82) is 0 Å². The second-order valence-electron chi connectivity index (χ2n) is 5.99. The lowest BCUT2D eigenvalue weighted by Gasteiger charge is -2.09. The summed E-state index contributed by atoms with van der Waals surface area (Å²) in [5.41, 5.74) is 3.53. The Balaban J connectivity index is 1.40. The summed E-state index contributed by atoms with van der Waals surface area (Å²) in [6.45, 7) is 0. The number of hydrogen-bond donors (Lipinski definition) is 1. The van der Waals surface area contributed by atoms with Gasteiger partial charge in [-0.3, -0.25) is 4.79 Å². The van der Waals surface area contributed by atoms with Crippen molar-refractivity contribution in [3.63, 3.8) is 0 Å². The predicted octanol–water partition coefficient (Wildman–Crippen LogP) is 2.82. The maximum atomic E-state index is 13.1. The van der Waals surface area contributed by atoms with E-state index in [0.717, 1.165) is 12.0 Å². The highest BCUT2D eigenvalue weighted by Gasteiger charge is 2.56. The fraction of sp³-hybridized carbons (Fsp3) is 0.278. The average Bonchev–Trinajstić information content (AvgIpc) is 2.96. The Kier molecular flexibility index (Phi) is 2.81. The summed E-state index contributed by atoms with van der Waals surface area (Å²) in [5.74, 6) is 0.728. The Hall–Kier alpha value is -2.16. The van der Waals surface area contributed by atoms with Crippen molar-refractivity contribution in [2.24, 2.45) is 5.92 Å². The Labute approximate surface area is 123 Å².